The molecule has 1 aromatic heterocycles. The highest BCUT2D eigenvalue weighted by Gasteiger charge is 2.22. The van der Waals surface area contributed by atoms with Crippen LogP contribution in [0.1, 0.15) is 11.1 Å². The van der Waals surface area contributed by atoms with E-state index in [1.807, 2.05) is 0 Å². The largest absolute Gasteiger partial charge is 0.417 e. The molecule has 6 heteroatoms. The van der Waals surface area contributed by atoms with E-state index < -0.39 is 28.7 Å². The minimum absolute atomic E-state index is 0.112. The van der Waals surface area contributed by atoms with E-state index >= 15 is 0 Å². The van der Waals surface area contributed by atoms with Crippen molar-refractivity contribution in [3.05, 3.63) is 39.0 Å². The molecule has 0 atom stereocenters. The number of benzene rings is 1. The smallest absolute Gasteiger partial charge is 0.373 e. The monoisotopic (exact) mass is 243 g/mol. The Labute approximate surface area is 93.6 Å². The summed E-state index contributed by atoms with van der Waals surface area (Å²) in [6.45, 7) is 2.51. The lowest BCUT2D eigenvalue weighted by Crippen LogP contribution is -2.10. The van der Waals surface area contributed by atoms with Gasteiger partial charge in [0.1, 0.15) is 0 Å². The molecule has 2 N–H and O–H groups in total. The van der Waals surface area contributed by atoms with Gasteiger partial charge in [-0.2, -0.15) is 8.78 Å². The van der Waals surface area contributed by atoms with E-state index in [0.717, 1.165) is 0 Å². The number of fused-ring (bicyclic) bond motifs is 1. The molecule has 0 aliphatic heterocycles. The molecular weight excluding hydrogens is 235 g/mol. The lowest BCUT2D eigenvalue weighted by atomic mass is 10.0. The van der Waals surface area contributed by atoms with Gasteiger partial charge in [0.2, 0.25) is 11.6 Å². The van der Waals surface area contributed by atoms with Gasteiger partial charge in [0.25, 0.3) is 0 Å². The molecule has 0 amide bonds. The first-order valence-electron chi connectivity index (χ1n) is 4.72. The second kappa shape index (κ2) is 3.51. The van der Waals surface area contributed by atoms with Gasteiger partial charge >= 0.3 is 5.63 Å². The van der Waals surface area contributed by atoms with E-state index in [1.54, 1.807) is 0 Å². The second-order valence-corrected chi connectivity index (χ2v) is 3.70. The number of rotatable bonds is 0. The lowest BCUT2D eigenvalue weighted by molar-refractivity contribution is 0.448. The van der Waals surface area contributed by atoms with Crippen molar-refractivity contribution >= 4 is 16.7 Å². The van der Waals surface area contributed by atoms with E-state index in [2.05, 4.69) is 4.42 Å². The van der Waals surface area contributed by atoms with Crippen LogP contribution >= 0.6 is 0 Å². The summed E-state index contributed by atoms with van der Waals surface area (Å²) in [5.41, 5.74) is 3.12. The van der Waals surface area contributed by atoms with Gasteiger partial charge in [-0.05, 0) is 13.8 Å². The molecule has 0 aliphatic rings. The van der Waals surface area contributed by atoms with Gasteiger partial charge in [0.15, 0.2) is 11.4 Å². The standard InChI is InChI=1S/C11H8F3NO2/c1-3-5-9(15)4(2)6(12)8(14)10(5)17-11(16)7(3)13/h15H2,1-2H3. The molecule has 0 saturated carbocycles. The van der Waals surface area contributed by atoms with Crippen molar-refractivity contribution in [3.63, 3.8) is 0 Å². The maximum absolute atomic E-state index is 13.5. The first-order valence-corrected chi connectivity index (χ1v) is 4.72. The number of halogens is 3. The molecule has 90 valence electrons. The molecule has 1 aromatic carbocycles. The summed E-state index contributed by atoms with van der Waals surface area (Å²) in [7, 11) is 0. The summed E-state index contributed by atoms with van der Waals surface area (Å²) in [6.07, 6.45) is 0. The summed E-state index contributed by atoms with van der Waals surface area (Å²) in [4.78, 5) is 11.0. The number of anilines is 1. The van der Waals surface area contributed by atoms with Crippen molar-refractivity contribution in [1.29, 1.82) is 0 Å². The number of aryl methyl sites for hydroxylation is 1. The van der Waals surface area contributed by atoms with Crippen LogP contribution in [0.15, 0.2) is 9.21 Å². The van der Waals surface area contributed by atoms with Crippen molar-refractivity contribution in [2.24, 2.45) is 0 Å². The van der Waals surface area contributed by atoms with Crippen molar-refractivity contribution in [2.75, 3.05) is 5.73 Å². The first kappa shape index (κ1) is 11.5. The summed E-state index contributed by atoms with van der Waals surface area (Å²) in [5, 5.41) is -0.112. The van der Waals surface area contributed by atoms with Crippen LogP contribution in [0.5, 0.6) is 0 Å². The van der Waals surface area contributed by atoms with Crippen LogP contribution < -0.4 is 11.4 Å². The molecular formula is C11H8F3NO2. The van der Waals surface area contributed by atoms with Gasteiger partial charge in [-0.1, -0.05) is 0 Å². The second-order valence-electron chi connectivity index (χ2n) is 3.70. The first-order chi connectivity index (χ1) is 7.86. The molecule has 0 aliphatic carbocycles. The van der Waals surface area contributed by atoms with Crippen LogP contribution in [-0.2, 0) is 0 Å². The maximum atomic E-state index is 13.5. The molecule has 1 heterocycles. The van der Waals surface area contributed by atoms with Gasteiger partial charge in [-0.3, -0.25) is 0 Å². The summed E-state index contributed by atoms with van der Waals surface area (Å²) in [5.74, 6) is -3.70. The van der Waals surface area contributed by atoms with E-state index in [9.17, 15) is 18.0 Å². The quantitative estimate of drug-likeness (QED) is 0.571. The molecule has 0 saturated heterocycles. The van der Waals surface area contributed by atoms with Crippen LogP contribution in [-0.4, -0.2) is 0 Å². The molecule has 0 bridgehead atoms. The topological polar surface area (TPSA) is 56.2 Å². The Bertz CT molecular complexity index is 692. The fraction of sp³-hybridized carbons (Fsp3) is 0.182. The fourth-order valence-electron chi connectivity index (χ4n) is 1.67. The molecule has 0 unspecified atom stereocenters. The third-order valence-electron chi connectivity index (χ3n) is 2.70. The third kappa shape index (κ3) is 1.40. The molecule has 0 spiro atoms. The van der Waals surface area contributed by atoms with Gasteiger partial charge in [-0.25, -0.2) is 9.18 Å². The third-order valence-corrected chi connectivity index (χ3v) is 2.70. The Balaban J connectivity index is 3.18. The zero-order valence-corrected chi connectivity index (χ0v) is 9.03. The summed E-state index contributed by atoms with van der Waals surface area (Å²) < 4.78 is 44.6. The molecule has 2 rings (SSSR count). The Kier molecular flexibility index (Phi) is 2.38. The van der Waals surface area contributed by atoms with Crippen LogP contribution in [0.2, 0.25) is 0 Å². The van der Waals surface area contributed by atoms with Crippen molar-refractivity contribution in [1.82, 2.24) is 0 Å². The van der Waals surface area contributed by atoms with Gasteiger partial charge in [-0.15, -0.1) is 0 Å². The summed E-state index contributed by atoms with van der Waals surface area (Å²) >= 11 is 0. The average molecular weight is 243 g/mol. The number of nitrogen functional groups attached to an aromatic ring is 1. The van der Waals surface area contributed by atoms with Crippen LogP contribution in [0.3, 0.4) is 0 Å². The van der Waals surface area contributed by atoms with Crippen molar-refractivity contribution in [3.8, 4) is 0 Å². The highest BCUT2D eigenvalue weighted by molar-refractivity contribution is 5.93. The van der Waals surface area contributed by atoms with Crippen molar-refractivity contribution < 1.29 is 17.6 Å². The maximum Gasteiger partial charge on any atom is 0.373 e. The Hall–Kier alpha value is -1.98. The van der Waals surface area contributed by atoms with Crippen LogP contribution in [0, 0.1) is 31.3 Å². The zero-order valence-electron chi connectivity index (χ0n) is 9.03. The van der Waals surface area contributed by atoms with Gasteiger partial charge in [0, 0.05) is 22.2 Å². The molecule has 17 heavy (non-hydrogen) atoms. The normalized spacial score (nSPS) is 11.1. The summed E-state index contributed by atoms with van der Waals surface area (Å²) in [6, 6.07) is 0. The Morgan fingerprint density at radius 2 is 1.59 bits per heavy atom. The van der Waals surface area contributed by atoms with E-state index in [4.69, 9.17) is 5.73 Å². The van der Waals surface area contributed by atoms with Crippen molar-refractivity contribution in [2.45, 2.75) is 13.8 Å². The minimum Gasteiger partial charge on any atom is -0.417 e. The van der Waals surface area contributed by atoms with Crippen LogP contribution in [0.25, 0.3) is 11.0 Å². The molecule has 3 nitrogen and oxygen atoms in total. The van der Waals surface area contributed by atoms with Crippen LogP contribution in [0.4, 0.5) is 18.9 Å². The van der Waals surface area contributed by atoms with Gasteiger partial charge < -0.3 is 10.2 Å². The number of nitrogens with two attached hydrogens (primary N) is 1. The predicted molar refractivity (Wildman–Crippen MR) is 56.2 cm³/mol. The van der Waals surface area contributed by atoms with Gasteiger partial charge in [0.05, 0.1) is 0 Å². The minimum atomic E-state index is -1.35. The Morgan fingerprint density at radius 3 is 2.18 bits per heavy atom. The molecule has 0 fully saturated rings. The molecule has 0 radical (unpaired) electrons. The lowest BCUT2D eigenvalue weighted by Gasteiger charge is -2.10. The number of hydrogen-bond donors (Lipinski definition) is 1. The van der Waals surface area contributed by atoms with E-state index in [0.29, 0.717) is 0 Å². The predicted octanol–water partition coefficient (Wildman–Crippen LogP) is 2.41. The Morgan fingerprint density at radius 1 is 1.00 bits per heavy atom. The SMILES string of the molecule is Cc1c(F)c(F)c2oc(=O)c(F)c(C)c2c1N. The molecule has 2 aromatic rings. The highest BCUT2D eigenvalue weighted by atomic mass is 19.2. The number of hydrogen-bond acceptors (Lipinski definition) is 3. The van der Waals surface area contributed by atoms with E-state index in [1.165, 1.54) is 13.8 Å². The highest BCUT2D eigenvalue weighted by Crippen LogP contribution is 2.32. The fourth-order valence-corrected chi connectivity index (χ4v) is 1.67. The zero-order chi connectivity index (χ0) is 12.9. The average Bonchev–Trinajstić information content (AvgIpc) is 2.30. The van der Waals surface area contributed by atoms with E-state index in [-0.39, 0.29) is 22.2 Å².